The molecule has 1 aromatic rings. The quantitative estimate of drug-likeness (QED) is 0.743. The maximum absolute atomic E-state index is 5.82. The minimum absolute atomic E-state index is 0.720. The minimum Gasteiger partial charge on any atom is -0.493 e. The van der Waals surface area contributed by atoms with Crippen LogP contribution in [-0.4, -0.2) is 57.4 Å². The summed E-state index contributed by atoms with van der Waals surface area (Å²) < 4.78 is 11.5. The highest BCUT2D eigenvalue weighted by atomic mass is 16.5. The normalized spacial score (nSPS) is 16.1. The van der Waals surface area contributed by atoms with E-state index in [1.165, 1.54) is 11.1 Å². The first-order valence-corrected chi connectivity index (χ1v) is 7.96. The number of benzene rings is 1. The van der Waals surface area contributed by atoms with E-state index in [1.54, 1.807) is 0 Å². The summed E-state index contributed by atoms with van der Waals surface area (Å²) in [5.41, 5.74) is 2.43. The van der Waals surface area contributed by atoms with Gasteiger partial charge in [0.15, 0.2) is 0 Å². The van der Waals surface area contributed by atoms with E-state index in [2.05, 4.69) is 42.3 Å². The smallest absolute Gasteiger partial charge is 0.122 e. The van der Waals surface area contributed by atoms with E-state index < -0.39 is 0 Å². The van der Waals surface area contributed by atoms with E-state index in [0.29, 0.717) is 0 Å². The van der Waals surface area contributed by atoms with Gasteiger partial charge in [-0.15, -0.1) is 0 Å². The number of rotatable bonds is 8. The van der Waals surface area contributed by atoms with Crippen LogP contribution >= 0.6 is 0 Å². The predicted molar refractivity (Wildman–Crippen MR) is 86.2 cm³/mol. The van der Waals surface area contributed by atoms with Crippen molar-refractivity contribution in [2.45, 2.75) is 20.3 Å². The number of nitrogens with zero attached hydrogens (tertiary/aromatic N) is 1. The summed E-state index contributed by atoms with van der Waals surface area (Å²) in [4.78, 5) is 2.45. The fraction of sp³-hybridized carbons (Fsp3) is 0.647. The van der Waals surface area contributed by atoms with Crippen LogP contribution in [0.3, 0.4) is 0 Å². The molecule has 0 saturated carbocycles. The summed E-state index contributed by atoms with van der Waals surface area (Å²) in [6, 6.07) is 6.32. The van der Waals surface area contributed by atoms with Crippen LogP contribution in [0.5, 0.6) is 5.75 Å². The lowest BCUT2D eigenvalue weighted by Gasteiger charge is -2.26. The van der Waals surface area contributed by atoms with Crippen molar-refractivity contribution in [1.29, 1.82) is 0 Å². The third-order valence-corrected chi connectivity index (χ3v) is 3.80. The Balaban J connectivity index is 1.51. The number of aryl methyl sites for hydroxylation is 2. The van der Waals surface area contributed by atoms with Gasteiger partial charge in [0.25, 0.3) is 0 Å². The Bertz CT molecular complexity index is 417. The fourth-order valence-electron chi connectivity index (χ4n) is 2.44. The second-order valence-electron chi connectivity index (χ2n) is 5.67. The van der Waals surface area contributed by atoms with Crippen molar-refractivity contribution in [3.63, 3.8) is 0 Å². The highest BCUT2D eigenvalue weighted by Crippen LogP contribution is 2.19. The van der Waals surface area contributed by atoms with E-state index in [9.17, 15) is 0 Å². The molecule has 1 aliphatic rings. The van der Waals surface area contributed by atoms with Crippen molar-refractivity contribution >= 4 is 0 Å². The summed E-state index contributed by atoms with van der Waals surface area (Å²) in [6.07, 6.45) is 0.939. The second kappa shape index (κ2) is 9.03. The number of nitrogens with one attached hydrogen (secondary N) is 1. The van der Waals surface area contributed by atoms with Crippen LogP contribution in [0.25, 0.3) is 0 Å². The Morgan fingerprint density at radius 2 is 1.90 bits per heavy atom. The van der Waals surface area contributed by atoms with Crippen molar-refractivity contribution in [2.75, 3.05) is 52.5 Å². The topological polar surface area (TPSA) is 33.7 Å². The molecule has 0 aromatic heterocycles. The molecular formula is C17H28N2O2. The Morgan fingerprint density at radius 3 is 2.71 bits per heavy atom. The summed E-state index contributed by atoms with van der Waals surface area (Å²) >= 11 is 0. The molecule has 0 amide bonds. The van der Waals surface area contributed by atoms with Crippen molar-refractivity contribution < 1.29 is 9.47 Å². The monoisotopic (exact) mass is 292 g/mol. The zero-order chi connectivity index (χ0) is 14.9. The molecule has 4 nitrogen and oxygen atoms in total. The molecule has 1 heterocycles. The van der Waals surface area contributed by atoms with Crippen LogP contribution in [0, 0.1) is 13.8 Å². The molecule has 1 saturated heterocycles. The first kappa shape index (κ1) is 16.3. The largest absolute Gasteiger partial charge is 0.493 e. The van der Waals surface area contributed by atoms with Gasteiger partial charge in [0.05, 0.1) is 13.2 Å². The molecule has 0 radical (unpaired) electrons. The number of hydrogen-bond donors (Lipinski definition) is 1. The summed E-state index contributed by atoms with van der Waals surface area (Å²) in [7, 11) is 0. The van der Waals surface area contributed by atoms with Crippen LogP contribution in [0.2, 0.25) is 0 Å². The molecule has 1 aromatic carbocycles. The molecule has 0 bridgehead atoms. The molecule has 2 rings (SSSR count). The first-order chi connectivity index (χ1) is 10.3. The zero-order valence-corrected chi connectivity index (χ0v) is 13.4. The third kappa shape index (κ3) is 6.04. The summed E-state index contributed by atoms with van der Waals surface area (Å²) in [5, 5.41) is 3.36. The standard InChI is InChI=1S/C17H28N2O2/c1-15-4-5-16(2)17(14-15)21-12-3-11-20-13-10-19-8-6-18-7-9-19/h4-5,14,18H,3,6-13H2,1-2H3. The number of piperazine rings is 1. The molecule has 1 fully saturated rings. The van der Waals surface area contributed by atoms with Crippen LogP contribution in [0.1, 0.15) is 17.5 Å². The number of ether oxygens (including phenoxy) is 2. The highest BCUT2D eigenvalue weighted by Gasteiger charge is 2.08. The van der Waals surface area contributed by atoms with Gasteiger partial charge in [-0.05, 0) is 31.0 Å². The maximum Gasteiger partial charge on any atom is 0.122 e. The van der Waals surface area contributed by atoms with Gasteiger partial charge in [0.1, 0.15) is 5.75 Å². The van der Waals surface area contributed by atoms with Gasteiger partial charge in [0.2, 0.25) is 0 Å². The predicted octanol–water partition coefficient (Wildman–Crippen LogP) is 1.99. The SMILES string of the molecule is Cc1ccc(C)c(OCCCOCCN2CCNCC2)c1. The summed E-state index contributed by atoms with van der Waals surface area (Å²) in [5.74, 6) is 0.996. The summed E-state index contributed by atoms with van der Waals surface area (Å²) in [6.45, 7) is 12.0. The molecule has 0 spiro atoms. The van der Waals surface area contributed by atoms with Gasteiger partial charge < -0.3 is 14.8 Å². The van der Waals surface area contributed by atoms with Crippen LogP contribution in [0.15, 0.2) is 18.2 Å². The second-order valence-corrected chi connectivity index (χ2v) is 5.67. The number of hydrogen-bond acceptors (Lipinski definition) is 4. The van der Waals surface area contributed by atoms with Crippen molar-refractivity contribution in [3.8, 4) is 5.75 Å². The molecule has 4 heteroatoms. The maximum atomic E-state index is 5.82. The minimum atomic E-state index is 0.720. The Kier molecular flexibility index (Phi) is 7.00. The van der Waals surface area contributed by atoms with Gasteiger partial charge in [-0.3, -0.25) is 4.90 Å². The lowest BCUT2D eigenvalue weighted by atomic mass is 10.1. The molecule has 0 atom stereocenters. The van der Waals surface area contributed by atoms with Gasteiger partial charge in [0, 0.05) is 45.8 Å². The molecule has 118 valence electrons. The van der Waals surface area contributed by atoms with E-state index in [0.717, 1.165) is 64.7 Å². The van der Waals surface area contributed by atoms with Gasteiger partial charge in [-0.2, -0.15) is 0 Å². The molecule has 1 aliphatic heterocycles. The molecular weight excluding hydrogens is 264 g/mol. The van der Waals surface area contributed by atoms with E-state index in [4.69, 9.17) is 9.47 Å². The Labute approximate surface area is 128 Å². The lowest BCUT2D eigenvalue weighted by molar-refractivity contribution is 0.0901. The zero-order valence-electron chi connectivity index (χ0n) is 13.4. The van der Waals surface area contributed by atoms with Gasteiger partial charge in [-0.1, -0.05) is 12.1 Å². The highest BCUT2D eigenvalue weighted by molar-refractivity contribution is 5.35. The van der Waals surface area contributed by atoms with Crippen LogP contribution in [0.4, 0.5) is 0 Å². The van der Waals surface area contributed by atoms with E-state index in [1.807, 2.05) is 0 Å². The fourth-order valence-corrected chi connectivity index (χ4v) is 2.44. The van der Waals surface area contributed by atoms with Crippen molar-refractivity contribution in [3.05, 3.63) is 29.3 Å². The Hall–Kier alpha value is -1.10. The third-order valence-electron chi connectivity index (χ3n) is 3.80. The van der Waals surface area contributed by atoms with Crippen LogP contribution in [-0.2, 0) is 4.74 Å². The molecule has 0 aliphatic carbocycles. The Morgan fingerprint density at radius 1 is 1.10 bits per heavy atom. The average molecular weight is 292 g/mol. The van der Waals surface area contributed by atoms with E-state index in [-0.39, 0.29) is 0 Å². The van der Waals surface area contributed by atoms with Gasteiger partial charge >= 0.3 is 0 Å². The van der Waals surface area contributed by atoms with E-state index >= 15 is 0 Å². The lowest BCUT2D eigenvalue weighted by Crippen LogP contribution is -2.44. The van der Waals surface area contributed by atoms with Crippen molar-refractivity contribution in [1.82, 2.24) is 10.2 Å². The van der Waals surface area contributed by atoms with Crippen molar-refractivity contribution in [2.24, 2.45) is 0 Å². The molecule has 21 heavy (non-hydrogen) atoms. The first-order valence-electron chi connectivity index (χ1n) is 7.96. The average Bonchev–Trinajstić information content (AvgIpc) is 2.50. The van der Waals surface area contributed by atoms with Gasteiger partial charge in [-0.25, -0.2) is 0 Å². The van der Waals surface area contributed by atoms with Crippen LogP contribution < -0.4 is 10.1 Å². The molecule has 0 unspecified atom stereocenters. The molecule has 1 N–H and O–H groups in total.